The lowest BCUT2D eigenvalue weighted by molar-refractivity contribution is -0.120. The molecule has 1 aromatic carbocycles. The number of amides is 2. The van der Waals surface area contributed by atoms with Gasteiger partial charge in [0.1, 0.15) is 0 Å². The second-order valence-corrected chi connectivity index (χ2v) is 6.42. The van der Waals surface area contributed by atoms with Crippen LogP contribution in [0.25, 0.3) is 0 Å². The predicted octanol–water partition coefficient (Wildman–Crippen LogP) is 1.36. The molecule has 1 rings (SSSR count). The third kappa shape index (κ3) is 7.24. The number of thiocarbonyl (C=S) groups is 1. The zero-order valence-electron chi connectivity index (χ0n) is 12.6. The van der Waals surface area contributed by atoms with E-state index in [1.54, 1.807) is 18.2 Å². The van der Waals surface area contributed by atoms with E-state index in [2.05, 4.69) is 21.5 Å². The number of halogens is 1. The zero-order valence-corrected chi connectivity index (χ0v) is 14.2. The van der Waals surface area contributed by atoms with Crippen molar-refractivity contribution in [1.82, 2.24) is 21.5 Å². The maximum Gasteiger partial charge on any atom is 0.257 e. The van der Waals surface area contributed by atoms with Crippen LogP contribution in [0.1, 0.15) is 31.1 Å². The second-order valence-electron chi connectivity index (χ2n) is 5.57. The fourth-order valence-corrected chi connectivity index (χ4v) is 1.98. The molecule has 120 valence electrons. The molecule has 22 heavy (non-hydrogen) atoms. The fourth-order valence-electron chi connectivity index (χ4n) is 1.43. The highest BCUT2D eigenvalue weighted by Crippen LogP contribution is 2.10. The van der Waals surface area contributed by atoms with Crippen LogP contribution in [0.15, 0.2) is 24.3 Å². The number of carbonyl (C=O) groups is 2. The van der Waals surface area contributed by atoms with E-state index in [1.807, 2.05) is 20.8 Å². The number of hydrogen-bond acceptors (Lipinski definition) is 3. The molecule has 0 fully saturated rings. The minimum atomic E-state index is -0.423. The van der Waals surface area contributed by atoms with Gasteiger partial charge in [-0.05, 0) is 51.2 Å². The molecule has 0 unspecified atom stereocenters. The third-order valence-electron chi connectivity index (χ3n) is 2.30. The van der Waals surface area contributed by atoms with Gasteiger partial charge in [-0.1, -0.05) is 17.7 Å². The maximum atomic E-state index is 11.8. The van der Waals surface area contributed by atoms with Crippen molar-refractivity contribution in [2.75, 3.05) is 6.54 Å². The van der Waals surface area contributed by atoms with Gasteiger partial charge in [-0.3, -0.25) is 20.4 Å². The summed E-state index contributed by atoms with van der Waals surface area (Å²) in [5.41, 5.74) is 5.12. The number of benzene rings is 1. The molecule has 0 heterocycles. The van der Waals surface area contributed by atoms with Crippen molar-refractivity contribution in [3.63, 3.8) is 0 Å². The van der Waals surface area contributed by atoms with E-state index in [4.69, 9.17) is 23.8 Å². The maximum absolute atomic E-state index is 11.8. The molecule has 1 aromatic rings. The van der Waals surface area contributed by atoms with Gasteiger partial charge >= 0.3 is 0 Å². The van der Waals surface area contributed by atoms with Crippen LogP contribution in [-0.2, 0) is 4.79 Å². The van der Waals surface area contributed by atoms with Gasteiger partial charge in [0, 0.05) is 16.1 Å². The van der Waals surface area contributed by atoms with Gasteiger partial charge in [0.2, 0.25) is 0 Å². The first-order valence-corrected chi connectivity index (χ1v) is 7.37. The van der Waals surface area contributed by atoms with Crippen LogP contribution in [0.3, 0.4) is 0 Å². The Hall–Kier alpha value is -1.86. The van der Waals surface area contributed by atoms with Gasteiger partial charge in [-0.2, -0.15) is 0 Å². The van der Waals surface area contributed by atoms with Crippen LogP contribution in [0.5, 0.6) is 0 Å². The number of hydrogen-bond donors (Lipinski definition) is 4. The Labute approximate surface area is 140 Å². The molecule has 0 aliphatic heterocycles. The highest BCUT2D eigenvalue weighted by atomic mass is 35.5. The average Bonchev–Trinajstić information content (AvgIpc) is 2.40. The molecule has 0 saturated heterocycles. The summed E-state index contributed by atoms with van der Waals surface area (Å²) >= 11 is 10.8. The molecular formula is C14H19ClN4O2S. The fraction of sp³-hybridized carbons (Fsp3) is 0.357. The summed E-state index contributed by atoms with van der Waals surface area (Å²) in [5, 5.41) is 6.21. The first-order chi connectivity index (χ1) is 10.2. The lowest BCUT2D eigenvalue weighted by Gasteiger charge is -2.23. The average molecular weight is 343 g/mol. The van der Waals surface area contributed by atoms with Crippen LogP contribution < -0.4 is 21.5 Å². The molecular weight excluding hydrogens is 324 g/mol. The summed E-state index contributed by atoms with van der Waals surface area (Å²) in [6.07, 6.45) is 0. The molecule has 8 heteroatoms. The lowest BCUT2D eigenvalue weighted by atomic mass is 10.1. The molecule has 2 amide bonds. The largest absolute Gasteiger partial charge is 0.357 e. The van der Waals surface area contributed by atoms with E-state index in [0.29, 0.717) is 15.7 Å². The highest BCUT2D eigenvalue weighted by molar-refractivity contribution is 7.80. The molecule has 0 spiro atoms. The van der Waals surface area contributed by atoms with Gasteiger partial charge in [0.25, 0.3) is 11.8 Å². The topological polar surface area (TPSA) is 82.3 Å². The van der Waals surface area contributed by atoms with Crippen LogP contribution >= 0.6 is 23.8 Å². The SMILES string of the molecule is CC(C)(C)NC(=S)NNC(=O)CNC(=O)c1cccc(Cl)c1. The van der Waals surface area contributed by atoms with Crippen molar-refractivity contribution < 1.29 is 9.59 Å². The van der Waals surface area contributed by atoms with E-state index in [0.717, 1.165) is 0 Å². The standard InChI is InChI=1S/C14H19ClN4O2S/c1-14(2,3)17-13(22)19-18-11(20)8-16-12(21)9-5-4-6-10(15)7-9/h4-7H,8H2,1-3H3,(H,16,21)(H,18,20)(H2,17,19,22). The second kappa shape index (κ2) is 7.95. The molecule has 0 radical (unpaired) electrons. The highest BCUT2D eigenvalue weighted by Gasteiger charge is 2.12. The van der Waals surface area contributed by atoms with Crippen LogP contribution in [-0.4, -0.2) is 29.0 Å². The first-order valence-electron chi connectivity index (χ1n) is 6.58. The number of carbonyl (C=O) groups excluding carboxylic acids is 2. The number of rotatable bonds is 3. The Balaban J connectivity index is 2.34. The molecule has 0 aliphatic carbocycles. The quantitative estimate of drug-likeness (QED) is 0.492. The van der Waals surface area contributed by atoms with Gasteiger partial charge in [-0.15, -0.1) is 0 Å². The summed E-state index contributed by atoms with van der Waals surface area (Å²) in [4.78, 5) is 23.4. The smallest absolute Gasteiger partial charge is 0.257 e. The monoisotopic (exact) mass is 342 g/mol. The number of hydrazine groups is 1. The molecule has 0 aliphatic rings. The van der Waals surface area contributed by atoms with E-state index in [1.165, 1.54) is 6.07 Å². The van der Waals surface area contributed by atoms with Crippen molar-refractivity contribution in [1.29, 1.82) is 0 Å². The van der Waals surface area contributed by atoms with Crippen LogP contribution in [0.4, 0.5) is 0 Å². The van der Waals surface area contributed by atoms with E-state index in [9.17, 15) is 9.59 Å². The van der Waals surface area contributed by atoms with E-state index in [-0.39, 0.29) is 18.0 Å². The van der Waals surface area contributed by atoms with Gasteiger partial charge in [0.15, 0.2) is 5.11 Å². The molecule has 4 N–H and O–H groups in total. The van der Waals surface area contributed by atoms with Crippen molar-refractivity contribution in [2.24, 2.45) is 0 Å². The van der Waals surface area contributed by atoms with E-state index < -0.39 is 5.91 Å². The predicted molar refractivity (Wildman–Crippen MR) is 90.6 cm³/mol. The van der Waals surface area contributed by atoms with Gasteiger partial charge in [-0.25, -0.2) is 0 Å². The molecule has 0 saturated carbocycles. The first kappa shape index (κ1) is 18.2. The molecule has 0 bridgehead atoms. The lowest BCUT2D eigenvalue weighted by Crippen LogP contribution is -2.53. The third-order valence-corrected chi connectivity index (χ3v) is 2.74. The summed E-state index contributed by atoms with van der Waals surface area (Å²) in [5.74, 6) is -0.804. The summed E-state index contributed by atoms with van der Waals surface area (Å²) in [6, 6.07) is 6.46. The normalized spacial score (nSPS) is 10.5. The zero-order chi connectivity index (χ0) is 16.8. The van der Waals surface area contributed by atoms with Crippen molar-refractivity contribution in [3.05, 3.63) is 34.9 Å². The number of nitrogens with one attached hydrogen (secondary N) is 4. The Morgan fingerprint density at radius 1 is 1.23 bits per heavy atom. The molecule has 6 nitrogen and oxygen atoms in total. The van der Waals surface area contributed by atoms with Gasteiger partial charge < -0.3 is 10.6 Å². The Kier molecular flexibility index (Phi) is 6.58. The van der Waals surface area contributed by atoms with Crippen molar-refractivity contribution >= 4 is 40.7 Å². The summed E-state index contributed by atoms with van der Waals surface area (Å²) < 4.78 is 0. The Morgan fingerprint density at radius 3 is 2.50 bits per heavy atom. The van der Waals surface area contributed by atoms with Gasteiger partial charge in [0.05, 0.1) is 6.54 Å². The van der Waals surface area contributed by atoms with E-state index >= 15 is 0 Å². The Bertz CT molecular complexity index is 572. The van der Waals surface area contributed by atoms with Crippen molar-refractivity contribution in [3.8, 4) is 0 Å². The minimum absolute atomic E-state index is 0.184. The summed E-state index contributed by atoms with van der Waals surface area (Å²) in [6.45, 7) is 5.63. The molecule has 0 aromatic heterocycles. The van der Waals surface area contributed by atoms with Crippen LogP contribution in [0, 0.1) is 0 Å². The van der Waals surface area contributed by atoms with Crippen LogP contribution in [0.2, 0.25) is 5.02 Å². The Morgan fingerprint density at radius 2 is 1.91 bits per heavy atom. The van der Waals surface area contributed by atoms with Crippen molar-refractivity contribution in [2.45, 2.75) is 26.3 Å². The minimum Gasteiger partial charge on any atom is -0.357 e. The summed E-state index contributed by atoms with van der Waals surface area (Å²) in [7, 11) is 0. The molecule has 0 atom stereocenters.